The van der Waals surface area contributed by atoms with E-state index in [2.05, 4.69) is 10.3 Å². The minimum Gasteiger partial charge on any atom is -0.545 e. The fourth-order valence-electron chi connectivity index (χ4n) is 1.46. The lowest BCUT2D eigenvalue weighted by atomic mass is 10.2. The third kappa shape index (κ3) is 3.04. The summed E-state index contributed by atoms with van der Waals surface area (Å²) in [6.07, 6.45) is 3.47. The second-order valence-corrected chi connectivity index (χ2v) is 3.58. The number of benzene rings is 1. The summed E-state index contributed by atoms with van der Waals surface area (Å²) in [4.78, 5) is 14.7. The van der Waals surface area contributed by atoms with Crippen molar-refractivity contribution in [3.63, 3.8) is 0 Å². The first-order valence-electron chi connectivity index (χ1n) is 5.20. The molecule has 86 valence electrons. The maximum absolute atomic E-state index is 10.7. The normalized spacial score (nSPS) is 9.88. The third-order valence-corrected chi connectivity index (χ3v) is 2.32. The first-order valence-corrected chi connectivity index (χ1v) is 5.20. The molecule has 0 saturated heterocycles. The van der Waals surface area contributed by atoms with Crippen molar-refractivity contribution in [2.75, 3.05) is 5.32 Å². The SMILES string of the molecule is O=C([O-])c1cccc(NCc2cccnc2)c1. The predicted molar refractivity (Wildman–Crippen MR) is 62.3 cm³/mol. The molecule has 4 heteroatoms. The van der Waals surface area contributed by atoms with Gasteiger partial charge in [0.2, 0.25) is 0 Å². The molecular weight excluding hydrogens is 216 g/mol. The van der Waals surface area contributed by atoms with Crippen LogP contribution in [0, 0.1) is 0 Å². The summed E-state index contributed by atoms with van der Waals surface area (Å²) < 4.78 is 0. The highest BCUT2D eigenvalue weighted by Gasteiger charge is 1.97. The van der Waals surface area contributed by atoms with Crippen LogP contribution in [0.25, 0.3) is 0 Å². The number of carboxylic acid groups (broad SMARTS) is 1. The molecular formula is C13H11N2O2-. The molecule has 0 amide bonds. The number of carboxylic acids is 1. The molecule has 1 aromatic carbocycles. The third-order valence-electron chi connectivity index (χ3n) is 2.32. The molecule has 0 aliphatic carbocycles. The molecule has 1 heterocycles. The fourth-order valence-corrected chi connectivity index (χ4v) is 1.46. The average Bonchev–Trinajstić information content (AvgIpc) is 2.38. The molecule has 0 aliphatic rings. The molecule has 2 rings (SSSR count). The number of rotatable bonds is 4. The van der Waals surface area contributed by atoms with Gasteiger partial charge >= 0.3 is 0 Å². The van der Waals surface area contributed by atoms with Crippen LogP contribution in [-0.4, -0.2) is 11.0 Å². The summed E-state index contributed by atoms with van der Waals surface area (Å²) >= 11 is 0. The maximum Gasteiger partial charge on any atom is 0.0716 e. The number of hydrogen-bond acceptors (Lipinski definition) is 4. The first kappa shape index (κ1) is 11.1. The van der Waals surface area contributed by atoms with Gasteiger partial charge in [-0.15, -0.1) is 0 Å². The summed E-state index contributed by atoms with van der Waals surface area (Å²) in [5, 5.41) is 13.8. The molecule has 4 nitrogen and oxygen atoms in total. The lowest BCUT2D eigenvalue weighted by Gasteiger charge is -2.08. The summed E-state index contributed by atoms with van der Waals surface area (Å²) in [6, 6.07) is 10.3. The first-order chi connectivity index (χ1) is 8.25. The minimum absolute atomic E-state index is 0.168. The smallest absolute Gasteiger partial charge is 0.0716 e. The van der Waals surface area contributed by atoms with Crippen LogP contribution in [0.15, 0.2) is 48.8 Å². The van der Waals surface area contributed by atoms with Crippen LogP contribution in [-0.2, 0) is 6.54 Å². The maximum atomic E-state index is 10.7. The number of anilines is 1. The molecule has 17 heavy (non-hydrogen) atoms. The standard InChI is InChI=1S/C13H12N2O2/c16-13(17)11-4-1-5-12(7-11)15-9-10-3-2-6-14-8-10/h1-8,15H,9H2,(H,16,17)/p-1. The molecule has 0 radical (unpaired) electrons. The van der Waals surface area contributed by atoms with E-state index >= 15 is 0 Å². The number of nitrogens with one attached hydrogen (secondary N) is 1. The number of pyridine rings is 1. The lowest BCUT2D eigenvalue weighted by molar-refractivity contribution is -0.255. The monoisotopic (exact) mass is 227 g/mol. The summed E-state index contributed by atoms with van der Waals surface area (Å²) in [5.74, 6) is -1.17. The number of carbonyl (C=O) groups excluding carboxylic acids is 1. The number of aromatic carboxylic acids is 1. The van der Waals surface area contributed by atoms with Crippen molar-refractivity contribution in [3.05, 3.63) is 59.9 Å². The van der Waals surface area contributed by atoms with Gasteiger partial charge < -0.3 is 15.2 Å². The van der Waals surface area contributed by atoms with Gasteiger partial charge in [-0.1, -0.05) is 18.2 Å². The molecule has 2 aromatic rings. The van der Waals surface area contributed by atoms with E-state index in [9.17, 15) is 9.90 Å². The van der Waals surface area contributed by atoms with Gasteiger partial charge in [0.15, 0.2) is 0 Å². The van der Waals surface area contributed by atoms with Crippen LogP contribution in [0.2, 0.25) is 0 Å². The van der Waals surface area contributed by atoms with Crippen LogP contribution in [0.5, 0.6) is 0 Å². The van der Waals surface area contributed by atoms with Crippen LogP contribution in [0.1, 0.15) is 15.9 Å². The Hall–Kier alpha value is -2.36. The molecule has 0 saturated carbocycles. The minimum atomic E-state index is -1.17. The van der Waals surface area contributed by atoms with Gasteiger partial charge in [0.25, 0.3) is 0 Å². The van der Waals surface area contributed by atoms with Crippen LogP contribution in [0.3, 0.4) is 0 Å². The van der Waals surface area contributed by atoms with Gasteiger partial charge in [0.05, 0.1) is 5.97 Å². The van der Waals surface area contributed by atoms with Crippen LogP contribution >= 0.6 is 0 Å². The molecule has 0 bridgehead atoms. The van der Waals surface area contributed by atoms with Crippen molar-refractivity contribution in [3.8, 4) is 0 Å². The van der Waals surface area contributed by atoms with Gasteiger partial charge in [-0.3, -0.25) is 4.98 Å². The van der Waals surface area contributed by atoms with Crippen molar-refractivity contribution in [1.82, 2.24) is 4.98 Å². The Bertz CT molecular complexity index is 512. The zero-order valence-corrected chi connectivity index (χ0v) is 9.09. The molecule has 1 N–H and O–H groups in total. The van der Waals surface area contributed by atoms with Gasteiger partial charge in [-0.25, -0.2) is 0 Å². The fraction of sp³-hybridized carbons (Fsp3) is 0.0769. The Morgan fingerprint density at radius 3 is 2.88 bits per heavy atom. The summed E-state index contributed by atoms with van der Waals surface area (Å²) in [6.45, 7) is 0.602. The Morgan fingerprint density at radius 2 is 2.18 bits per heavy atom. The van der Waals surface area contributed by atoms with Gasteiger partial charge in [-0.2, -0.15) is 0 Å². The highest BCUT2D eigenvalue weighted by molar-refractivity contribution is 5.87. The molecule has 0 fully saturated rings. The Kier molecular flexibility index (Phi) is 3.35. The van der Waals surface area contributed by atoms with Crippen molar-refractivity contribution < 1.29 is 9.90 Å². The van der Waals surface area contributed by atoms with Crippen molar-refractivity contribution >= 4 is 11.7 Å². The summed E-state index contributed by atoms with van der Waals surface area (Å²) in [5.41, 5.74) is 1.95. The van der Waals surface area contributed by atoms with Crippen molar-refractivity contribution in [2.24, 2.45) is 0 Å². The molecule has 0 aliphatic heterocycles. The van der Waals surface area contributed by atoms with Crippen molar-refractivity contribution in [1.29, 1.82) is 0 Å². The highest BCUT2D eigenvalue weighted by Crippen LogP contribution is 2.11. The second kappa shape index (κ2) is 5.12. The molecule has 0 atom stereocenters. The van der Waals surface area contributed by atoms with Gasteiger partial charge in [-0.05, 0) is 29.3 Å². The predicted octanol–water partition coefficient (Wildman–Crippen LogP) is 1.06. The Balaban J connectivity index is 2.04. The van der Waals surface area contributed by atoms with E-state index in [4.69, 9.17) is 0 Å². The second-order valence-electron chi connectivity index (χ2n) is 3.58. The van der Waals surface area contributed by atoms with E-state index in [-0.39, 0.29) is 5.56 Å². The summed E-state index contributed by atoms with van der Waals surface area (Å²) in [7, 11) is 0. The molecule has 1 aromatic heterocycles. The van der Waals surface area contributed by atoms with Gasteiger partial charge in [0.1, 0.15) is 0 Å². The quantitative estimate of drug-likeness (QED) is 0.848. The number of carbonyl (C=O) groups is 1. The molecule has 0 spiro atoms. The Morgan fingerprint density at radius 1 is 1.29 bits per heavy atom. The van der Waals surface area contributed by atoms with E-state index in [1.54, 1.807) is 24.5 Å². The van der Waals surface area contributed by atoms with Crippen molar-refractivity contribution in [2.45, 2.75) is 6.54 Å². The van der Waals surface area contributed by atoms with E-state index in [1.807, 2.05) is 18.2 Å². The van der Waals surface area contributed by atoms with E-state index in [0.717, 1.165) is 11.3 Å². The van der Waals surface area contributed by atoms with Crippen LogP contribution < -0.4 is 10.4 Å². The number of hydrogen-bond donors (Lipinski definition) is 1. The average molecular weight is 227 g/mol. The molecule has 0 unspecified atom stereocenters. The highest BCUT2D eigenvalue weighted by atomic mass is 16.4. The zero-order valence-electron chi connectivity index (χ0n) is 9.09. The van der Waals surface area contributed by atoms with E-state index in [1.165, 1.54) is 6.07 Å². The van der Waals surface area contributed by atoms with Crippen LogP contribution in [0.4, 0.5) is 5.69 Å². The Labute approximate surface area is 98.9 Å². The lowest BCUT2D eigenvalue weighted by Crippen LogP contribution is -2.22. The van der Waals surface area contributed by atoms with E-state index < -0.39 is 5.97 Å². The number of aromatic nitrogens is 1. The topological polar surface area (TPSA) is 65.0 Å². The van der Waals surface area contributed by atoms with E-state index in [0.29, 0.717) is 6.54 Å². The van der Waals surface area contributed by atoms with Gasteiger partial charge in [0, 0.05) is 24.6 Å². The zero-order chi connectivity index (χ0) is 12.1. The number of nitrogens with zero attached hydrogens (tertiary/aromatic N) is 1. The largest absolute Gasteiger partial charge is 0.545 e.